The van der Waals surface area contributed by atoms with Crippen LogP contribution in [-0.2, 0) is 6.42 Å². The van der Waals surface area contributed by atoms with Crippen LogP contribution >= 0.6 is 12.4 Å². The SMILES string of the molecule is CCNC(=O)N1CCN(CCCCc2ccc(F)cc2)CC1.Cl. The van der Waals surface area contributed by atoms with E-state index in [0.29, 0.717) is 6.54 Å². The molecule has 6 heteroatoms. The number of amides is 2. The van der Waals surface area contributed by atoms with Crippen molar-refractivity contribution in [2.24, 2.45) is 0 Å². The molecule has 0 unspecified atom stereocenters. The molecule has 1 heterocycles. The van der Waals surface area contributed by atoms with E-state index in [1.165, 1.54) is 17.7 Å². The first-order valence-corrected chi connectivity index (χ1v) is 8.18. The van der Waals surface area contributed by atoms with Gasteiger partial charge in [-0.2, -0.15) is 0 Å². The van der Waals surface area contributed by atoms with E-state index in [1.54, 1.807) is 0 Å². The molecule has 0 aromatic heterocycles. The molecule has 0 saturated carbocycles. The van der Waals surface area contributed by atoms with Gasteiger partial charge in [0, 0.05) is 32.7 Å². The standard InChI is InChI=1S/C17H26FN3O.ClH/c1-2-19-17(22)21-13-11-20(12-14-21)10-4-3-5-15-6-8-16(18)9-7-15;/h6-9H,2-5,10-14H2,1H3,(H,19,22);1H. The number of halogens is 2. The zero-order valence-corrected chi connectivity index (χ0v) is 14.6. The van der Waals surface area contributed by atoms with Crippen LogP contribution in [0.5, 0.6) is 0 Å². The molecule has 1 aliphatic rings. The maximum Gasteiger partial charge on any atom is 0.317 e. The summed E-state index contributed by atoms with van der Waals surface area (Å²) in [6.07, 6.45) is 3.25. The number of hydrogen-bond donors (Lipinski definition) is 1. The lowest BCUT2D eigenvalue weighted by Crippen LogP contribution is -2.51. The molecule has 1 aromatic carbocycles. The normalized spacial score (nSPS) is 15.1. The summed E-state index contributed by atoms with van der Waals surface area (Å²) >= 11 is 0. The van der Waals surface area contributed by atoms with Gasteiger partial charge in [-0.25, -0.2) is 9.18 Å². The van der Waals surface area contributed by atoms with E-state index in [0.717, 1.165) is 52.0 Å². The van der Waals surface area contributed by atoms with Crippen molar-refractivity contribution < 1.29 is 9.18 Å². The topological polar surface area (TPSA) is 35.6 Å². The lowest BCUT2D eigenvalue weighted by molar-refractivity contribution is 0.138. The molecule has 2 amide bonds. The predicted molar refractivity (Wildman–Crippen MR) is 93.7 cm³/mol. The minimum atomic E-state index is -0.172. The molecule has 1 aromatic rings. The molecule has 23 heavy (non-hydrogen) atoms. The number of carbonyl (C=O) groups is 1. The third kappa shape index (κ3) is 6.75. The summed E-state index contributed by atoms with van der Waals surface area (Å²) < 4.78 is 12.8. The first kappa shape index (κ1) is 19.7. The average Bonchev–Trinajstić information content (AvgIpc) is 2.54. The van der Waals surface area contributed by atoms with Crippen molar-refractivity contribution in [2.75, 3.05) is 39.3 Å². The highest BCUT2D eigenvalue weighted by Crippen LogP contribution is 2.09. The van der Waals surface area contributed by atoms with Crippen molar-refractivity contribution in [1.82, 2.24) is 15.1 Å². The maximum absolute atomic E-state index is 12.8. The number of urea groups is 1. The fourth-order valence-electron chi connectivity index (χ4n) is 2.75. The van der Waals surface area contributed by atoms with Gasteiger partial charge in [-0.1, -0.05) is 12.1 Å². The van der Waals surface area contributed by atoms with Crippen LogP contribution in [0.3, 0.4) is 0 Å². The number of nitrogens with zero attached hydrogens (tertiary/aromatic N) is 2. The number of aryl methyl sites for hydroxylation is 1. The Morgan fingerprint density at radius 3 is 2.39 bits per heavy atom. The second-order valence-corrected chi connectivity index (χ2v) is 5.75. The number of carbonyl (C=O) groups excluding carboxylic acids is 1. The molecular formula is C17H27ClFN3O. The summed E-state index contributed by atoms with van der Waals surface area (Å²) in [5.41, 5.74) is 1.20. The van der Waals surface area contributed by atoms with Crippen molar-refractivity contribution in [3.05, 3.63) is 35.6 Å². The Hall–Kier alpha value is -1.33. The van der Waals surface area contributed by atoms with E-state index in [4.69, 9.17) is 0 Å². The van der Waals surface area contributed by atoms with Crippen LogP contribution in [0.4, 0.5) is 9.18 Å². The lowest BCUT2D eigenvalue weighted by atomic mass is 10.1. The summed E-state index contributed by atoms with van der Waals surface area (Å²) in [6, 6.07) is 6.82. The molecule has 1 aliphatic heterocycles. The van der Waals surface area contributed by atoms with E-state index in [9.17, 15) is 9.18 Å². The van der Waals surface area contributed by atoms with Gasteiger partial charge in [0.25, 0.3) is 0 Å². The number of rotatable bonds is 6. The van der Waals surface area contributed by atoms with Crippen LogP contribution < -0.4 is 5.32 Å². The average molecular weight is 344 g/mol. The van der Waals surface area contributed by atoms with Crippen molar-refractivity contribution in [1.29, 1.82) is 0 Å². The summed E-state index contributed by atoms with van der Waals surface area (Å²) in [4.78, 5) is 16.0. The Bertz CT molecular complexity index is 461. The molecular weight excluding hydrogens is 317 g/mol. The van der Waals surface area contributed by atoms with Gasteiger partial charge in [0.05, 0.1) is 0 Å². The second kappa shape index (κ2) is 10.4. The Balaban J connectivity index is 0.00000264. The van der Waals surface area contributed by atoms with Crippen LogP contribution in [0.2, 0.25) is 0 Å². The zero-order valence-electron chi connectivity index (χ0n) is 13.8. The van der Waals surface area contributed by atoms with Gasteiger partial charge in [0.2, 0.25) is 0 Å². The molecule has 1 saturated heterocycles. The molecule has 1 N–H and O–H groups in total. The first-order chi connectivity index (χ1) is 10.7. The molecule has 1 fully saturated rings. The van der Waals surface area contributed by atoms with E-state index in [1.807, 2.05) is 24.0 Å². The number of unbranched alkanes of at least 4 members (excludes halogenated alkanes) is 1. The van der Waals surface area contributed by atoms with Gasteiger partial charge < -0.3 is 10.2 Å². The fraction of sp³-hybridized carbons (Fsp3) is 0.588. The first-order valence-electron chi connectivity index (χ1n) is 8.18. The van der Waals surface area contributed by atoms with Gasteiger partial charge >= 0.3 is 6.03 Å². The number of piperazine rings is 1. The third-order valence-electron chi connectivity index (χ3n) is 4.09. The van der Waals surface area contributed by atoms with E-state index >= 15 is 0 Å². The molecule has 130 valence electrons. The molecule has 2 rings (SSSR count). The highest BCUT2D eigenvalue weighted by Gasteiger charge is 2.19. The number of benzene rings is 1. The van der Waals surface area contributed by atoms with Crippen LogP contribution in [0.1, 0.15) is 25.3 Å². The highest BCUT2D eigenvalue weighted by molar-refractivity contribution is 5.85. The van der Waals surface area contributed by atoms with Gasteiger partial charge in [-0.3, -0.25) is 4.90 Å². The van der Waals surface area contributed by atoms with Crippen molar-refractivity contribution >= 4 is 18.4 Å². The maximum atomic E-state index is 12.8. The zero-order chi connectivity index (χ0) is 15.8. The molecule has 0 atom stereocenters. The minimum absolute atomic E-state index is 0. The van der Waals surface area contributed by atoms with E-state index in [2.05, 4.69) is 10.2 Å². The highest BCUT2D eigenvalue weighted by atomic mass is 35.5. The van der Waals surface area contributed by atoms with Crippen molar-refractivity contribution in [3.63, 3.8) is 0 Å². The summed E-state index contributed by atoms with van der Waals surface area (Å²) in [5.74, 6) is -0.172. The largest absolute Gasteiger partial charge is 0.338 e. The monoisotopic (exact) mass is 343 g/mol. The van der Waals surface area contributed by atoms with Gasteiger partial charge in [-0.05, 0) is 50.4 Å². The van der Waals surface area contributed by atoms with Gasteiger partial charge in [0.1, 0.15) is 5.82 Å². The smallest absolute Gasteiger partial charge is 0.317 e. The van der Waals surface area contributed by atoms with Crippen molar-refractivity contribution in [2.45, 2.75) is 26.2 Å². The second-order valence-electron chi connectivity index (χ2n) is 5.75. The van der Waals surface area contributed by atoms with Crippen LogP contribution in [-0.4, -0.2) is 55.1 Å². The van der Waals surface area contributed by atoms with E-state index < -0.39 is 0 Å². The van der Waals surface area contributed by atoms with Crippen LogP contribution in [0, 0.1) is 5.82 Å². The summed E-state index contributed by atoms with van der Waals surface area (Å²) in [5, 5.41) is 2.85. The van der Waals surface area contributed by atoms with Gasteiger partial charge in [-0.15, -0.1) is 12.4 Å². The molecule has 0 radical (unpaired) electrons. The fourth-order valence-corrected chi connectivity index (χ4v) is 2.75. The molecule has 4 nitrogen and oxygen atoms in total. The Kier molecular flexibility index (Phi) is 8.95. The lowest BCUT2D eigenvalue weighted by Gasteiger charge is -2.34. The summed E-state index contributed by atoms with van der Waals surface area (Å²) in [6.45, 7) is 7.22. The van der Waals surface area contributed by atoms with Crippen LogP contribution in [0.15, 0.2) is 24.3 Å². The summed E-state index contributed by atoms with van der Waals surface area (Å²) in [7, 11) is 0. The molecule has 0 spiro atoms. The quantitative estimate of drug-likeness (QED) is 0.806. The van der Waals surface area contributed by atoms with Gasteiger partial charge in [0.15, 0.2) is 0 Å². The Labute approximate surface area is 144 Å². The number of hydrogen-bond acceptors (Lipinski definition) is 2. The van der Waals surface area contributed by atoms with Crippen molar-refractivity contribution in [3.8, 4) is 0 Å². The molecule has 0 aliphatic carbocycles. The Morgan fingerprint density at radius 1 is 1.13 bits per heavy atom. The van der Waals surface area contributed by atoms with Crippen LogP contribution in [0.25, 0.3) is 0 Å². The predicted octanol–water partition coefficient (Wildman–Crippen LogP) is 2.92. The molecule has 0 bridgehead atoms. The third-order valence-corrected chi connectivity index (χ3v) is 4.09. The minimum Gasteiger partial charge on any atom is -0.338 e. The van der Waals surface area contributed by atoms with E-state index in [-0.39, 0.29) is 24.3 Å². The number of nitrogens with one attached hydrogen (secondary N) is 1. The Morgan fingerprint density at radius 2 is 1.78 bits per heavy atom.